The zero-order valence-electron chi connectivity index (χ0n) is 12.5. The predicted octanol–water partition coefficient (Wildman–Crippen LogP) is 0.951. The number of hydrogen-bond donors (Lipinski definition) is 3. The number of carboxylic acid groups (broad SMARTS) is 1. The molecule has 1 saturated heterocycles. The van der Waals surface area contributed by atoms with E-state index in [1.54, 1.807) is 12.1 Å². The number of methoxy groups -OCH3 is 3. The second kappa shape index (κ2) is 6.19. The average Bonchev–Trinajstić information content (AvgIpc) is 2.87. The van der Waals surface area contributed by atoms with E-state index >= 15 is 0 Å². The van der Waals surface area contributed by atoms with Crippen LogP contribution < -0.4 is 25.1 Å². The summed E-state index contributed by atoms with van der Waals surface area (Å²) >= 11 is 0. The number of ether oxygens (including phenoxy) is 3. The van der Waals surface area contributed by atoms with Gasteiger partial charge in [-0.05, 0) is 24.6 Å². The van der Waals surface area contributed by atoms with Crippen molar-refractivity contribution in [1.82, 2.24) is 10.9 Å². The van der Waals surface area contributed by atoms with Crippen molar-refractivity contribution >= 4 is 5.97 Å². The molecule has 3 N–H and O–H groups in total. The van der Waals surface area contributed by atoms with Crippen molar-refractivity contribution in [3.8, 4) is 17.2 Å². The SMILES string of the molecule is COc1cc(C2NNC(C)C2C(=O)O)cc(OC)c1OC. The normalized spacial score (nSPS) is 24.7. The molecule has 1 fully saturated rings. The number of hydrazine groups is 1. The minimum absolute atomic E-state index is 0.188. The Kier molecular flexibility index (Phi) is 4.54. The molecule has 1 aromatic carbocycles. The first-order valence-electron chi connectivity index (χ1n) is 6.57. The van der Waals surface area contributed by atoms with Crippen molar-refractivity contribution in [2.45, 2.75) is 19.0 Å². The largest absolute Gasteiger partial charge is 0.493 e. The molecule has 0 amide bonds. The monoisotopic (exact) mass is 296 g/mol. The van der Waals surface area contributed by atoms with E-state index in [0.29, 0.717) is 17.2 Å². The van der Waals surface area contributed by atoms with Crippen molar-refractivity contribution in [2.75, 3.05) is 21.3 Å². The van der Waals surface area contributed by atoms with Gasteiger partial charge in [-0.1, -0.05) is 0 Å². The van der Waals surface area contributed by atoms with Crippen LogP contribution in [0.4, 0.5) is 0 Å². The third-order valence-electron chi connectivity index (χ3n) is 3.70. The van der Waals surface area contributed by atoms with Gasteiger partial charge in [-0.3, -0.25) is 10.2 Å². The molecule has 116 valence electrons. The predicted molar refractivity (Wildman–Crippen MR) is 75.7 cm³/mol. The fraction of sp³-hybridized carbons (Fsp3) is 0.500. The summed E-state index contributed by atoms with van der Waals surface area (Å²) in [6, 6.07) is 2.95. The average molecular weight is 296 g/mol. The molecule has 1 aliphatic rings. The van der Waals surface area contributed by atoms with E-state index in [2.05, 4.69) is 10.9 Å². The smallest absolute Gasteiger partial charge is 0.310 e. The molecule has 7 nitrogen and oxygen atoms in total. The zero-order valence-corrected chi connectivity index (χ0v) is 12.5. The first-order chi connectivity index (χ1) is 10.0. The number of carboxylic acids is 1. The molecule has 0 saturated carbocycles. The maximum atomic E-state index is 11.5. The van der Waals surface area contributed by atoms with Crippen LogP contribution >= 0.6 is 0 Å². The molecule has 21 heavy (non-hydrogen) atoms. The van der Waals surface area contributed by atoms with E-state index in [4.69, 9.17) is 14.2 Å². The summed E-state index contributed by atoms with van der Waals surface area (Å²) in [7, 11) is 4.58. The Hall–Kier alpha value is -1.99. The Labute approximate surface area is 123 Å². The maximum Gasteiger partial charge on any atom is 0.310 e. The highest BCUT2D eigenvalue weighted by Crippen LogP contribution is 2.41. The van der Waals surface area contributed by atoms with Gasteiger partial charge in [-0.2, -0.15) is 0 Å². The van der Waals surface area contributed by atoms with Crippen LogP contribution in [0.5, 0.6) is 17.2 Å². The van der Waals surface area contributed by atoms with E-state index in [-0.39, 0.29) is 12.1 Å². The first kappa shape index (κ1) is 15.4. The van der Waals surface area contributed by atoms with Crippen molar-refractivity contribution < 1.29 is 24.1 Å². The van der Waals surface area contributed by atoms with Crippen molar-refractivity contribution in [3.63, 3.8) is 0 Å². The maximum absolute atomic E-state index is 11.5. The van der Waals surface area contributed by atoms with E-state index in [1.165, 1.54) is 21.3 Å². The Bertz CT molecular complexity index is 509. The van der Waals surface area contributed by atoms with Gasteiger partial charge in [0.05, 0.1) is 33.3 Å². The summed E-state index contributed by atoms with van der Waals surface area (Å²) in [5.41, 5.74) is 6.73. The van der Waals surface area contributed by atoms with Crippen molar-refractivity contribution in [1.29, 1.82) is 0 Å². The summed E-state index contributed by atoms with van der Waals surface area (Å²) in [5.74, 6) is 0.0240. The van der Waals surface area contributed by atoms with E-state index in [1.807, 2.05) is 6.92 Å². The Morgan fingerprint density at radius 2 is 1.67 bits per heavy atom. The van der Waals surface area contributed by atoms with E-state index in [0.717, 1.165) is 5.56 Å². The molecule has 1 heterocycles. The summed E-state index contributed by atoms with van der Waals surface area (Å²) in [6.45, 7) is 1.82. The first-order valence-corrected chi connectivity index (χ1v) is 6.57. The molecule has 0 spiro atoms. The lowest BCUT2D eigenvalue weighted by atomic mass is 9.90. The highest BCUT2D eigenvalue weighted by Gasteiger charge is 2.40. The summed E-state index contributed by atoms with van der Waals surface area (Å²) in [4.78, 5) is 11.5. The van der Waals surface area contributed by atoms with E-state index in [9.17, 15) is 9.90 Å². The van der Waals surface area contributed by atoms with Crippen molar-refractivity contribution in [3.05, 3.63) is 17.7 Å². The van der Waals surface area contributed by atoms with Gasteiger partial charge in [-0.15, -0.1) is 0 Å². The van der Waals surface area contributed by atoms with Gasteiger partial charge in [0.1, 0.15) is 0 Å². The second-order valence-corrected chi connectivity index (χ2v) is 4.88. The number of hydrogen-bond acceptors (Lipinski definition) is 6. The minimum atomic E-state index is -0.862. The lowest BCUT2D eigenvalue weighted by Crippen LogP contribution is -2.30. The molecule has 3 unspecified atom stereocenters. The van der Waals surface area contributed by atoms with Crippen LogP contribution in [0.2, 0.25) is 0 Å². The quantitative estimate of drug-likeness (QED) is 0.745. The molecule has 0 bridgehead atoms. The molecule has 3 atom stereocenters. The van der Waals surface area contributed by atoms with E-state index < -0.39 is 11.9 Å². The standard InChI is InChI=1S/C14H20N2O5/c1-7-11(14(17)18)12(16-15-7)8-5-9(19-2)13(21-4)10(6-8)20-3/h5-7,11-12,15-16H,1-4H3,(H,17,18). The number of benzene rings is 1. The molecule has 7 heteroatoms. The highest BCUT2D eigenvalue weighted by atomic mass is 16.5. The molecule has 2 rings (SSSR count). The van der Waals surface area contributed by atoms with Crippen LogP contribution in [0.15, 0.2) is 12.1 Å². The topological polar surface area (TPSA) is 89.1 Å². The highest BCUT2D eigenvalue weighted by molar-refractivity contribution is 5.73. The van der Waals surface area contributed by atoms with Gasteiger partial charge in [0.2, 0.25) is 5.75 Å². The minimum Gasteiger partial charge on any atom is -0.493 e. The fourth-order valence-corrected chi connectivity index (χ4v) is 2.62. The van der Waals surface area contributed by atoms with Crippen LogP contribution in [-0.2, 0) is 4.79 Å². The molecule has 0 aromatic heterocycles. The van der Waals surface area contributed by atoms with Crippen LogP contribution in [-0.4, -0.2) is 38.4 Å². The Balaban J connectivity index is 2.46. The van der Waals surface area contributed by atoms with Gasteiger partial charge in [0.25, 0.3) is 0 Å². The molecule has 1 aromatic rings. The fourth-order valence-electron chi connectivity index (χ4n) is 2.62. The summed E-state index contributed by atoms with van der Waals surface area (Å²) in [6.07, 6.45) is 0. The molecule has 1 aliphatic heterocycles. The summed E-state index contributed by atoms with van der Waals surface area (Å²) < 4.78 is 15.9. The van der Waals surface area contributed by atoms with Gasteiger partial charge in [0, 0.05) is 6.04 Å². The van der Waals surface area contributed by atoms with Crippen molar-refractivity contribution in [2.24, 2.45) is 5.92 Å². The lowest BCUT2D eigenvalue weighted by Gasteiger charge is -2.20. The Morgan fingerprint density at radius 1 is 1.10 bits per heavy atom. The third-order valence-corrected chi connectivity index (χ3v) is 3.70. The van der Waals surface area contributed by atoms with Gasteiger partial charge in [0.15, 0.2) is 11.5 Å². The summed E-state index contributed by atoms with van der Waals surface area (Å²) in [5, 5.41) is 9.40. The Morgan fingerprint density at radius 3 is 2.10 bits per heavy atom. The van der Waals surface area contributed by atoms with Crippen LogP contribution in [0.25, 0.3) is 0 Å². The van der Waals surface area contributed by atoms with Gasteiger partial charge < -0.3 is 19.3 Å². The van der Waals surface area contributed by atoms with Crippen LogP contribution in [0.3, 0.4) is 0 Å². The van der Waals surface area contributed by atoms with Crippen LogP contribution in [0.1, 0.15) is 18.5 Å². The number of nitrogens with one attached hydrogen (secondary N) is 2. The zero-order chi connectivity index (χ0) is 15.6. The van der Waals surface area contributed by atoms with Gasteiger partial charge in [-0.25, -0.2) is 5.43 Å². The lowest BCUT2D eigenvalue weighted by molar-refractivity contribution is -0.142. The molecule has 0 radical (unpaired) electrons. The third kappa shape index (κ3) is 2.74. The number of aliphatic carboxylic acids is 1. The molecule has 0 aliphatic carbocycles. The van der Waals surface area contributed by atoms with Gasteiger partial charge >= 0.3 is 5.97 Å². The second-order valence-electron chi connectivity index (χ2n) is 4.88. The number of rotatable bonds is 5. The van der Waals surface area contributed by atoms with Crippen LogP contribution in [0, 0.1) is 5.92 Å². The number of carbonyl (C=O) groups is 1. The molecular formula is C14H20N2O5. The molecular weight excluding hydrogens is 276 g/mol.